The summed E-state index contributed by atoms with van der Waals surface area (Å²) in [6, 6.07) is 8.97. The van der Waals surface area contributed by atoms with Crippen LogP contribution in [0.15, 0.2) is 46.0 Å². The van der Waals surface area contributed by atoms with Crippen molar-refractivity contribution in [3.63, 3.8) is 0 Å². The van der Waals surface area contributed by atoms with Gasteiger partial charge in [0.25, 0.3) is 0 Å². The first kappa shape index (κ1) is 17.3. The van der Waals surface area contributed by atoms with Crippen LogP contribution >= 0.6 is 23.2 Å². The van der Waals surface area contributed by atoms with Crippen LogP contribution in [0.5, 0.6) is 0 Å². The van der Waals surface area contributed by atoms with E-state index in [0.29, 0.717) is 46.5 Å². The van der Waals surface area contributed by atoms with Gasteiger partial charge < -0.3 is 15.1 Å². The molecule has 0 saturated heterocycles. The Hall–Kier alpha value is -2.51. The number of nitrogens with zero attached hydrogens (tertiary/aromatic N) is 3. The van der Waals surface area contributed by atoms with E-state index in [9.17, 15) is 0 Å². The van der Waals surface area contributed by atoms with Crippen molar-refractivity contribution in [1.82, 2.24) is 25.8 Å². The van der Waals surface area contributed by atoms with Gasteiger partial charge in [-0.25, -0.2) is 4.98 Å². The molecule has 0 amide bonds. The zero-order valence-corrected chi connectivity index (χ0v) is 14.9. The molecule has 3 N–H and O–H groups in total. The Labute approximate surface area is 154 Å². The maximum atomic E-state index is 6.16. The summed E-state index contributed by atoms with van der Waals surface area (Å²) >= 11 is 12.1. The van der Waals surface area contributed by atoms with Gasteiger partial charge in [-0.1, -0.05) is 29.3 Å². The predicted octanol–water partition coefficient (Wildman–Crippen LogP) is 3.24. The van der Waals surface area contributed by atoms with Crippen molar-refractivity contribution in [2.24, 2.45) is 4.99 Å². The quantitative estimate of drug-likeness (QED) is 0.468. The first-order valence-electron chi connectivity index (χ1n) is 7.49. The smallest absolute Gasteiger partial charge is 0.216 e. The molecule has 0 radical (unpaired) electrons. The van der Waals surface area contributed by atoms with E-state index < -0.39 is 0 Å². The third-order valence-electron chi connectivity index (χ3n) is 3.38. The van der Waals surface area contributed by atoms with Crippen LogP contribution in [0.4, 0.5) is 0 Å². The van der Waals surface area contributed by atoms with Gasteiger partial charge in [0, 0.05) is 23.6 Å². The summed E-state index contributed by atoms with van der Waals surface area (Å²) in [5.74, 6) is 2.40. The lowest BCUT2D eigenvalue weighted by Crippen LogP contribution is -2.36. The SMILES string of the molecule is CN=C(NCc1nc(-c2ccco2)n[nH]1)NCc1ccc(Cl)cc1Cl. The Morgan fingerprint density at radius 1 is 1.24 bits per heavy atom. The van der Waals surface area contributed by atoms with E-state index in [1.165, 1.54) is 0 Å². The zero-order valence-electron chi connectivity index (χ0n) is 13.4. The number of halogens is 2. The molecule has 0 aliphatic rings. The number of benzene rings is 1. The van der Waals surface area contributed by atoms with Crippen molar-refractivity contribution in [3.8, 4) is 11.6 Å². The number of rotatable bonds is 5. The lowest BCUT2D eigenvalue weighted by molar-refractivity contribution is 0.577. The summed E-state index contributed by atoms with van der Waals surface area (Å²) in [6.07, 6.45) is 1.58. The van der Waals surface area contributed by atoms with E-state index in [1.807, 2.05) is 6.07 Å². The van der Waals surface area contributed by atoms with Gasteiger partial charge in [-0.15, -0.1) is 5.10 Å². The number of nitrogens with one attached hydrogen (secondary N) is 3. The van der Waals surface area contributed by atoms with E-state index in [-0.39, 0.29) is 0 Å². The monoisotopic (exact) mass is 378 g/mol. The molecular weight excluding hydrogens is 363 g/mol. The van der Waals surface area contributed by atoms with Gasteiger partial charge in [0.15, 0.2) is 11.7 Å². The van der Waals surface area contributed by atoms with E-state index in [1.54, 1.807) is 37.6 Å². The first-order valence-corrected chi connectivity index (χ1v) is 8.25. The molecular formula is C16H16Cl2N6O. The molecule has 0 aliphatic heterocycles. The number of H-pyrrole nitrogens is 1. The molecule has 7 nitrogen and oxygen atoms in total. The van der Waals surface area contributed by atoms with Gasteiger partial charge in [-0.3, -0.25) is 10.1 Å². The molecule has 2 aromatic heterocycles. The molecule has 130 valence electrons. The summed E-state index contributed by atoms with van der Waals surface area (Å²) in [4.78, 5) is 8.53. The molecule has 1 aromatic carbocycles. The molecule has 0 unspecified atom stereocenters. The van der Waals surface area contributed by atoms with Crippen LogP contribution in [0.1, 0.15) is 11.4 Å². The normalized spacial score (nSPS) is 11.6. The molecule has 3 aromatic rings. The highest BCUT2D eigenvalue weighted by Crippen LogP contribution is 2.20. The number of aliphatic imine (C=N–C) groups is 1. The van der Waals surface area contributed by atoms with Crippen molar-refractivity contribution in [2.45, 2.75) is 13.1 Å². The minimum Gasteiger partial charge on any atom is -0.461 e. The molecule has 0 aliphatic carbocycles. The van der Waals surface area contributed by atoms with Gasteiger partial charge in [0.2, 0.25) is 5.82 Å². The number of aromatic nitrogens is 3. The molecule has 0 saturated carbocycles. The Balaban J connectivity index is 1.54. The fourth-order valence-electron chi connectivity index (χ4n) is 2.12. The largest absolute Gasteiger partial charge is 0.461 e. The number of aromatic amines is 1. The van der Waals surface area contributed by atoms with Crippen molar-refractivity contribution < 1.29 is 4.42 Å². The molecule has 0 spiro atoms. The van der Waals surface area contributed by atoms with Crippen LogP contribution in [0.2, 0.25) is 10.0 Å². The van der Waals surface area contributed by atoms with Gasteiger partial charge in [0.05, 0.1) is 12.8 Å². The van der Waals surface area contributed by atoms with Crippen molar-refractivity contribution in [1.29, 1.82) is 0 Å². The average molecular weight is 379 g/mol. The summed E-state index contributed by atoms with van der Waals surface area (Å²) in [5.41, 5.74) is 0.925. The summed E-state index contributed by atoms with van der Waals surface area (Å²) in [5, 5.41) is 14.5. The van der Waals surface area contributed by atoms with Gasteiger partial charge in [-0.05, 0) is 29.8 Å². The molecule has 0 atom stereocenters. The molecule has 9 heteroatoms. The fraction of sp³-hybridized carbons (Fsp3) is 0.188. The summed E-state index contributed by atoms with van der Waals surface area (Å²) < 4.78 is 5.26. The number of guanidine groups is 1. The third kappa shape index (κ3) is 4.52. The zero-order chi connectivity index (χ0) is 17.6. The second-order valence-electron chi connectivity index (χ2n) is 5.10. The Bertz CT molecular complexity index is 859. The maximum absolute atomic E-state index is 6.16. The van der Waals surface area contributed by atoms with E-state index >= 15 is 0 Å². The van der Waals surface area contributed by atoms with Crippen molar-refractivity contribution in [2.75, 3.05) is 7.05 Å². The summed E-state index contributed by atoms with van der Waals surface area (Å²) in [7, 11) is 1.69. The molecule has 0 fully saturated rings. The minimum atomic E-state index is 0.432. The second kappa shape index (κ2) is 8.04. The van der Waals surface area contributed by atoms with Crippen molar-refractivity contribution >= 4 is 29.2 Å². The standard InChI is InChI=1S/C16H16Cl2N6O/c1-19-16(20-8-10-4-5-11(17)7-12(10)18)21-9-14-22-15(24-23-14)13-3-2-6-25-13/h2-7H,8-9H2,1H3,(H2,19,20,21)(H,22,23,24). The Morgan fingerprint density at radius 3 is 2.80 bits per heavy atom. The highest BCUT2D eigenvalue weighted by Gasteiger charge is 2.09. The lowest BCUT2D eigenvalue weighted by atomic mass is 10.2. The van der Waals surface area contributed by atoms with Crippen LogP contribution in [-0.2, 0) is 13.1 Å². The van der Waals surface area contributed by atoms with Crippen molar-refractivity contribution in [3.05, 3.63) is 58.0 Å². The first-order chi connectivity index (χ1) is 12.2. The Morgan fingerprint density at radius 2 is 2.08 bits per heavy atom. The number of hydrogen-bond acceptors (Lipinski definition) is 4. The molecule has 25 heavy (non-hydrogen) atoms. The minimum absolute atomic E-state index is 0.432. The van der Waals surface area contributed by atoms with Crippen LogP contribution in [0.3, 0.4) is 0 Å². The van der Waals surface area contributed by atoms with Gasteiger partial charge >= 0.3 is 0 Å². The van der Waals surface area contributed by atoms with E-state index in [0.717, 1.165) is 5.56 Å². The highest BCUT2D eigenvalue weighted by atomic mass is 35.5. The fourth-order valence-corrected chi connectivity index (χ4v) is 2.60. The van der Waals surface area contributed by atoms with Crippen LogP contribution in [0.25, 0.3) is 11.6 Å². The molecule has 0 bridgehead atoms. The van der Waals surface area contributed by atoms with Crippen LogP contribution in [-0.4, -0.2) is 28.2 Å². The van der Waals surface area contributed by atoms with E-state index in [4.69, 9.17) is 27.6 Å². The molecule has 2 heterocycles. The van der Waals surface area contributed by atoms with E-state index in [2.05, 4.69) is 30.8 Å². The number of furan rings is 1. The second-order valence-corrected chi connectivity index (χ2v) is 5.94. The maximum Gasteiger partial charge on any atom is 0.216 e. The predicted molar refractivity (Wildman–Crippen MR) is 97.6 cm³/mol. The number of hydrogen-bond donors (Lipinski definition) is 3. The average Bonchev–Trinajstić information content (AvgIpc) is 3.27. The summed E-state index contributed by atoms with van der Waals surface area (Å²) in [6.45, 7) is 0.950. The Kier molecular flexibility index (Phi) is 5.57. The van der Waals surface area contributed by atoms with Crippen LogP contribution < -0.4 is 10.6 Å². The molecule has 3 rings (SSSR count). The van der Waals surface area contributed by atoms with Gasteiger partial charge in [-0.2, -0.15) is 0 Å². The van der Waals surface area contributed by atoms with Gasteiger partial charge in [0.1, 0.15) is 5.82 Å². The highest BCUT2D eigenvalue weighted by molar-refractivity contribution is 6.35. The van der Waals surface area contributed by atoms with Crippen LogP contribution in [0, 0.1) is 0 Å². The lowest BCUT2D eigenvalue weighted by Gasteiger charge is -2.11. The topological polar surface area (TPSA) is 91.1 Å². The third-order valence-corrected chi connectivity index (χ3v) is 3.97.